The maximum atomic E-state index is 11.5. The quantitative estimate of drug-likeness (QED) is 0.599. The van der Waals surface area contributed by atoms with Crippen LogP contribution < -0.4 is 0 Å². The van der Waals surface area contributed by atoms with Crippen LogP contribution in [0.3, 0.4) is 0 Å². The van der Waals surface area contributed by atoms with E-state index in [1.54, 1.807) is 7.11 Å². The second kappa shape index (κ2) is 3.20. The Labute approximate surface area is 85.3 Å². The highest BCUT2D eigenvalue weighted by Gasteiger charge is 2.48. The van der Waals surface area contributed by atoms with E-state index < -0.39 is 0 Å². The van der Waals surface area contributed by atoms with Crippen molar-refractivity contribution in [1.29, 1.82) is 0 Å². The second-order valence-corrected chi connectivity index (χ2v) is 4.86. The van der Waals surface area contributed by atoms with Gasteiger partial charge in [-0.05, 0) is 26.2 Å². The summed E-state index contributed by atoms with van der Waals surface area (Å²) in [5, 5.41) is 0. The minimum atomic E-state index is -0.104. The standard InChI is InChI=1S/C12H18O2/c1-8-4-9-6-11(13)7-10(5-8)12(9,2)14-3/h4,9-10H,5-7H2,1-3H3/t9-,10+,12?/m0/s1. The molecular formula is C12H18O2. The van der Waals surface area contributed by atoms with Crippen molar-refractivity contribution in [1.82, 2.24) is 0 Å². The number of ether oxygens (including phenoxy) is 1. The molecule has 0 aromatic carbocycles. The maximum Gasteiger partial charge on any atom is 0.134 e. The van der Waals surface area contributed by atoms with Gasteiger partial charge < -0.3 is 4.74 Å². The molecule has 2 heteroatoms. The van der Waals surface area contributed by atoms with Gasteiger partial charge in [0.05, 0.1) is 5.60 Å². The predicted molar refractivity (Wildman–Crippen MR) is 55.0 cm³/mol. The predicted octanol–water partition coefficient (Wildman–Crippen LogP) is 2.34. The van der Waals surface area contributed by atoms with E-state index in [2.05, 4.69) is 19.9 Å². The van der Waals surface area contributed by atoms with Gasteiger partial charge in [-0.15, -0.1) is 0 Å². The van der Waals surface area contributed by atoms with Crippen LogP contribution >= 0.6 is 0 Å². The number of allylic oxidation sites excluding steroid dienone is 1. The van der Waals surface area contributed by atoms with Crippen molar-refractivity contribution in [3.8, 4) is 0 Å². The van der Waals surface area contributed by atoms with E-state index in [9.17, 15) is 4.79 Å². The molecule has 14 heavy (non-hydrogen) atoms. The van der Waals surface area contributed by atoms with Crippen LogP contribution in [0.25, 0.3) is 0 Å². The summed E-state index contributed by atoms with van der Waals surface area (Å²) in [4.78, 5) is 11.5. The van der Waals surface area contributed by atoms with Crippen LogP contribution in [0, 0.1) is 11.8 Å². The molecule has 0 amide bonds. The van der Waals surface area contributed by atoms with Crippen molar-refractivity contribution in [3.63, 3.8) is 0 Å². The van der Waals surface area contributed by atoms with Gasteiger partial charge in [-0.1, -0.05) is 11.6 Å². The van der Waals surface area contributed by atoms with Crippen molar-refractivity contribution in [3.05, 3.63) is 11.6 Å². The summed E-state index contributed by atoms with van der Waals surface area (Å²) >= 11 is 0. The van der Waals surface area contributed by atoms with Gasteiger partial charge in [0.25, 0.3) is 0 Å². The van der Waals surface area contributed by atoms with Gasteiger partial charge in [0, 0.05) is 25.9 Å². The van der Waals surface area contributed by atoms with Crippen LogP contribution in [0.4, 0.5) is 0 Å². The molecule has 0 aromatic heterocycles. The Kier molecular flexibility index (Phi) is 2.26. The molecule has 78 valence electrons. The number of carbonyl (C=O) groups is 1. The number of hydrogen-bond donors (Lipinski definition) is 0. The SMILES string of the molecule is COC1(C)[C@H]2CC(=O)C[C@@H]1C=C(C)C2. The Bertz CT molecular complexity index is 293. The molecule has 2 rings (SSSR count). The summed E-state index contributed by atoms with van der Waals surface area (Å²) in [6, 6.07) is 0. The number of methoxy groups -OCH3 is 1. The summed E-state index contributed by atoms with van der Waals surface area (Å²) in [5.74, 6) is 1.09. The lowest BCUT2D eigenvalue weighted by atomic mass is 9.63. The van der Waals surface area contributed by atoms with Crippen LogP contribution in [-0.2, 0) is 9.53 Å². The average molecular weight is 194 g/mol. The van der Waals surface area contributed by atoms with E-state index in [1.165, 1.54) is 5.57 Å². The molecule has 0 aliphatic heterocycles. The fraction of sp³-hybridized carbons (Fsp3) is 0.750. The first-order chi connectivity index (χ1) is 6.56. The number of carbonyl (C=O) groups excluding carboxylic acids is 1. The van der Waals surface area contributed by atoms with E-state index in [1.807, 2.05) is 0 Å². The molecule has 0 aromatic rings. The first-order valence-electron chi connectivity index (χ1n) is 5.30. The number of hydrogen-bond acceptors (Lipinski definition) is 2. The highest BCUT2D eigenvalue weighted by atomic mass is 16.5. The summed E-state index contributed by atoms with van der Waals surface area (Å²) in [7, 11) is 1.77. The molecule has 0 N–H and O–H groups in total. The fourth-order valence-corrected chi connectivity index (χ4v) is 2.93. The Morgan fingerprint density at radius 3 is 2.71 bits per heavy atom. The maximum absolute atomic E-state index is 11.5. The van der Waals surface area contributed by atoms with Crippen LogP contribution in [0.15, 0.2) is 11.6 Å². The number of rotatable bonds is 1. The molecular weight excluding hydrogens is 176 g/mol. The summed E-state index contributed by atoms with van der Waals surface area (Å²) in [6.07, 6.45) is 4.62. The smallest absolute Gasteiger partial charge is 0.134 e. The Balaban J connectivity index is 2.36. The number of fused-ring (bicyclic) bond motifs is 2. The third kappa shape index (κ3) is 1.33. The van der Waals surface area contributed by atoms with Crippen LogP contribution in [0.1, 0.15) is 33.1 Å². The molecule has 2 bridgehead atoms. The summed E-state index contributed by atoms with van der Waals surface area (Å²) in [6.45, 7) is 4.31. The van der Waals surface area contributed by atoms with Gasteiger partial charge in [0.15, 0.2) is 0 Å². The molecule has 0 spiro atoms. The van der Waals surface area contributed by atoms with Crippen LogP contribution in [-0.4, -0.2) is 18.5 Å². The summed E-state index contributed by atoms with van der Waals surface area (Å²) < 4.78 is 5.65. The zero-order valence-corrected chi connectivity index (χ0v) is 9.17. The molecule has 2 aliphatic rings. The lowest BCUT2D eigenvalue weighted by Crippen LogP contribution is -2.50. The molecule has 0 radical (unpaired) electrons. The number of Topliss-reactive ketones (excluding diaryl/α,β-unsaturated/α-hetero) is 1. The zero-order chi connectivity index (χ0) is 10.3. The van der Waals surface area contributed by atoms with Crippen molar-refractivity contribution in [2.24, 2.45) is 11.8 Å². The zero-order valence-electron chi connectivity index (χ0n) is 9.17. The summed E-state index contributed by atoms with van der Waals surface area (Å²) in [5.41, 5.74) is 1.31. The minimum Gasteiger partial charge on any atom is -0.378 e. The third-order valence-electron chi connectivity index (χ3n) is 3.96. The molecule has 2 aliphatic carbocycles. The van der Waals surface area contributed by atoms with E-state index in [0.717, 1.165) is 6.42 Å². The first kappa shape index (κ1) is 9.91. The van der Waals surface area contributed by atoms with Gasteiger partial charge in [-0.3, -0.25) is 4.79 Å². The lowest BCUT2D eigenvalue weighted by Gasteiger charge is -2.48. The van der Waals surface area contributed by atoms with Crippen molar-refractivity contribution in [2.75, 3.05) is 7.11 Å². The molecule has 1 saturated carbocycles. The van der Waals surface area contributed by atoms with Gasteiger partial charge in [0.2, 0.25) is 0 Å². The average Bonchev–Trinajstić information content (AvgIpc) is 2.10. The molecule has 1 unspecified atom stereocenters. The van der Waals surface area contributed by atoms with Crippen LogP contribution in [0.2, 0.25) is 0 Å². The molecule has 0 saturated heterocycles. The van der Waals surface area contributed by atoms with E-state index in [4.69, 9.17) is 4.74 Å². The van der Waals surface area contributed by atoms with E-state index in [0.29, 0.717) is 30.5 Å². The van der Waals surface area contributed by atoms with Gasteiger partial charge in [0.1, 0.15) is 5.78 Å². The molecule has 0 heterocycles. The highest BCUT2D eigenvalue weighted by Crippen LogP contribution is 2.46. The normalized spacial score (nSPS) is 42.2. The molecule has 1 fully saturated rings. The second-order valence-electron chi connectivity index (χ2n) is 4.86. The van der Waals surface area contributed by atoms with Crippen molar-refractivity contribution in [2.45, 2.75) is 38.7 Å². The minimum absolute atomic E-state index is 0.104. The topological polar surface area (TPSA) is 26.3 Å². The molecule has 3 atom stereocenters. The largest absolute Gasteiger partial charge is 0.378 e. The Morgan fingerprint density at radius 2 is 2.14 bits per heavy atom. The Hall–Kier alpha value is -0.630. The van der Waals surface area contributed by atoms with Crippen LogP contribution in [0.5, 0.6) is 0 Å². The van der Waals surface area contributed by atoms with Gasteiger partial charge in [-0.2, -0.15) is 0 Å². The molecule has 2 nitrogen and oxygen atoms in total. The third-order valence-corrected chi connectivity index (χ3v) is 3.96. The van der Waals surface area contributed by atoms with Crippen molar-refractivity contribution < 1.29 is 9.53 Å². The van der Waals surface area contributed by atoms with E-state index in [-0.39, 0.29) is 5.60 Å². The fourth-order valence-electron chi connectivity index (χ4n) is 2.93. The van der Waals surface area contributed by atoms with Gasteiger partial charge in [-0.25, -0.2) is 0 Å². The monoisotopic (exact) mass is 194 g/mol. The lowest BCUT2D eigenvalue weighted by molar-refractivity contribution is -0.141. The van der Waals surface area contributed by atoms with Gasteiger partial charge >= 0.3 is 0 Å². The highest BCUT2D eigenvalue weighted by molar-refractivity contribution is 5.81. The van der Waals surface area contributed by atoms with E-state index >= 15 is 0 Å². The Morgan fingerprint density at radius 1 is 1.43 bits per heavy atom. The number of ketones is 1. The first-order valence-corrected chi connectivity index (χ1v) is 5.30. The van der Waals surface area contributed by atoms with Crippen molar-refractivity contribution >= 4 is 5.78 Å².